The van der Waals surface area contributed by atoms with E-state index in [2.05, 4.69) is 5.32 Å². The first-order valence-corrected chi connectivity index (χ1v) is 9.11. The van der Waals surface area contributed by atoms with Crippen molar-refractivity contribution >= 4 is 15.9 Å². The number of nitrogens with one attached hydrogen (secondary N) is 1. The molecule has 0 aromatic heterocycles. The number of amides is 1. The summed E-state index contributed by atoms with van der Waals surface area (Å²) in [6.07, 6.45) is 0.494. The Labute approximate surface area is 133 Å². The summed E-state index contributed by atoms with van der Waals surface area (Å²) in [6, 6.07) is 6.67. The minimum Gasteiger partial charge on any atom is -0.352 e. The van der Waals surface area contributed by atoms with Crippen molar-refractivity contribution in [2.75, 3.05) is 13.1 Å². The molecule has 5 nitrogen and oxygen atoms in total. The molecule has 1 rings (SSSR count). The van der Waals surface area contributed by atoms with Gasteiger partial charge in [0.1, 0.15) is 0 Å². The molecule has 0 saturated heterocycles. The summed E-state index contributed by atoms with van der Waals surface area (Å²) in [7, 11) is -3.42. The molecule has 0 spiro atoms. The highest BCUT2D eigenvalue weighted by molar-refractivity contribution is 7.89. The first-order valence-electron chi connectivity index (χ1n) is 7.67. The maximum absolute atomic E-state index is 12.3. The van der Waals surface area contributed by atoms with Crippen LogP contribution in [0.5, 0.6) is 0 Å². The lowest BCUT2D eigenvalue weighted by Gasteiger charge is -2.18. The predicted molar refractivity (Wildman–Crippen MR) is 87.9 cm³/mol. The maximum atomic E-state index is 12.3. The number of carbonyl (C=O) groups excluding carboxylic acids is 1. The Balaban J connectivity index is 2.73. The maximum Gasteiger partial charge on any atom is 0.243 e. The van der Waals surface area contributed by atoms with Crippen LogP contribution in [0.3, 0.4) is 0 Å². The van der Waals surface area contributed by atoms with Crippen LogP contribution in [0.2, 0.25) is 0 Å². The summed E-state index contributed by atoms with van der Waals surface area (Å²) in [4.78, 5) is 11.9. The highest BCUT2D eigenvalue weighted by Gasteiger charge is 2.21. The van der Waals surface area contributed by atoms with E-state index < -0.39 is 10.0 Å². The van der Waals surface area contributed by atoms with Crippen molar-refractivity contribution in [3.05, 3.63) is 29.8 Å². The number of sulfonamides is 1. The molecule has 0 aliphatic heterocycles. The highest BCUT2D eigenvalue weighted by atomic mass is 32.2. The first kappa shape index (κ1) is 18.6. The van der Waals surface area contributed by atoms with Crippen molar-refractivity contribution in [1.82, 2.24) is 9.62 Å². The number of rotatable bonds is 8. The summed E-state index contributed by atoms with van der Waals surface area (Å²) < 4.78 is 26.1. The zero-order valence-electron chi connectivity index (χ0n) is 13.8. The fourth-order valence-corrected chi connectivity index (χ4v) is 3.59. The van der Waals surface area contributed by atoms with Gasteiger partial charge in [-0.1, -0.05) is 39.8 Å². The van der Waals surface area contributed by atoms with Gasteiger partial charge in [0.15, 0.2) is 0 Å². The van der Waals surface area contributed by atoms with Gasteiger partial charge in [-0.25, -0.2) is 8.42 Å². The zero-order chi connectivity index (χ0) is 16.8. The monoisotopic (exact) mass is 326 g/mol. The molecule has 0 atom stereocenters. The number of hydrogen-bond acceptors (Lipinski definition) is 3. The number of hydrogen-bond donors (Lipinski definition) is 1. The summed E-state index contributed by atoms with van der Waals surface area (Å²) >= 11 is 0. The SMILES string of the molecule is CCN(CC)S(=O)(=O)c1ccc(CNC(=O)CC(C)C)cc1. The molecule has 0 aliphatic carbocycles. The van der Waals surface area contributed by atoms with Crippen LogP contribution in [0.25, 0.3) is 0 Å². The van der Waals surface area contributed by atoms with Gasteiger partial charge in [-0.2, -0.15) is 4.31 Å². The van der Waals surface area contributed by atoms with E-state index in [1.165, 1.54) is 4.31 Å². The van der Waals surface area contributed by atoms with Crippen LogP contribution in [0.4, 0.5) is 0 Å². The van der Waals surface area contributed by atoms with Crippen LogP contribution < -0.4 is 5.32 Å². The molecule has 1 aromatic rings. The molecule has 0 heterocycles. The molecule has 1 aromatic carbocycles. The van der Waals surface area contributed by atoms with Gasteiger partial charge in [-0.05, 0) is 23.6 Å². The lowest BCUT2D eigenvalue weighted by atomic mass is 10.1. The Hall–Kier alpha value is -1.40. The molecule has 1 amide bonds. The predicted octanol–water partition coefficient (Wildman–Crippen LogP) is 2.38. The van der Waals surface area contributed by atoms with Gasteiger partial charge in [0.25, 0.3) is 0 Å². The van der Waals surface area contributed by atoms with E-state index in [0.717, 1.165) is 5.56 Å². The fourth-order valence-electron chi connectivity index (χ4n) is 2.14. The van der Waals surface area contributed by atoms with Crippen LogP contribution in [0.1, 0.15) is 39.7 Å². The van der Waals surface area contributed by atoms with E-state index in [9.17, 15) is 13.2 Å². The smallest absolute Gasteiger partial charge is 0.243 e. The van der Waals surface area contributed by atoms with Crippen molar-refractivity contribution in [3.63, 3.8) is 0 Å². The summed E-state index contributed by atoms with van der Waals surface area (Å²) in [5.74, 6) is 0.330. The normalized spacial score (nSPS) is 11.9. The second-order valence-electron chi connectivity index (χ2n) is 5.61. The molecular formula is C16H26N2O3S. The lowest BCUT2D eigenvalue weighted by molar-refractivity contribution is -0.121. The third kappa shape index (κ3) is 5.10. The Morgan fingerprint density at radius 2 is 1.68 bits per heavy atom. The molecule has 22 heavy (non-hydrogen) atoms. The van der Waals surface area contributed by atoms with Crippen molar-refractivity contribution in [1.29, 1.82) is 0 Å². The van der Waals surface area contributed by atoms with Crippen LogP contribution in [-0.2, 0) is 21.4 Å². The third-order valence-electron chi connectivity index (χ3n) is 3.35. The molecule has 0 bridgehead atoms. The second-order valence-corrected chi connectivity index (χ2v) is 7.55. The molecule has 0 saturated carbocycles. The average molecular weight is 326 g/mol. The Morgan fingerprint density at radius 3 is 2.14 bits per heavy atom. The minimum atomic E-state index is -3.42. The molecule has 0 radical (unpaired) electrons. The largest absolute Gasteiger partial charge is 0.352 e. The summed E-state index contributed by atoms with van der Waals surface area (Å²) in [5, 5.41) is 2.83. The summed E-state index contributed by atoms with van der Waals surface area (Å²) in [6.45, 7) is 8.94. The second kappa shape index (κ2) is 8.29. The third-order valence-corrected chi connectivity index (χ3v) is 5.41. The zero-order valence-corrected chi connectivity index (χ0v) is 14.6. The van der Waals surface area contributed by atoms with Crippen LogP contribution in [-0.4, -0.2) is 31.7 Å². The summed E-state index contributed by atoms with van der Waals surface area (Å²) in [5.41, 5.74) is 0.885. The lowest BCUT2D eigenvalue weighted by Crippen LogP contribution is -2.30. The van der Waals surface area contributed by atoms with E-state index in [-0.39, 0.29) is 10.8 Å². The Kier molecular flexibility index (Phi) is 7.03. The van der Waals surface area contributed by atoms with Gasteiger partial charge >= 0.3 is 0 Å². The van der Waals surface area contributed by atoms with E-state index in [0.29, 0.717) is 32.0 Å². The quantitative estimate of drug-likeness (QED) is 0.797. The van der Waals surface area contributed by atoms with Gasteiger partial charge in [0.2, 0.25) is 15.9 Å². The van der Waals surface area contributed by atoms with Crippen LogP contribution in [0.15, 0.2) is 29.2 Å². The average Bonchev–Trinajstić information content (AvgIpc) is 2.46. The fraction of sp³-hybridized carbons (Fsp3) is 0.562. The molecule has 0 unspecified atom stereocenters. The molecule has 6 heteroatoms. The van der Waals surface area contributed by atoms with E-state index in [1.54, 1.807) is 24.3 Å². The molecule has 124 valence electrons. The van der Waals surface area contributed by atoms with Crippen molar-refractivity contribution in [2.45, 2.75) is 45.6 Å². The van der Waals surface area contributed by atoms with Crippen molar-refractivity contribution in [2.24, 2.45) is 5.92 Å². The topological polar surface area (TPSA) is 66.5 Å². The van der Waals surface area contributed by atoms with Gasteiger partial charge in [-0.15, -0.1) is 0 Å². The standard InChI is InChI=1S/C16H26N2O3S/c1-5-18(6-2)22(20,21)15-9-7-14(8-10-15)12-17-16(19)11-13(3)4/h7-10,13H,5-6,11-12H2,1-4H3,(H,17,19). The molecule has 0 fully saturated rings. The van der Waals surface area contributed by atoms with Crippen molar-refractivity contribution < 1.29 is 13.2 Å². The number of carbonyl (C=O) groups is 1. The molecule has 1 N–H and O–H groups in total. The Morgan fingerprint density at radius 1 is 1.14 bits per heavy atom. The van der Waals surface area contributed by atoms with Crippen molar-refractivity contribution in [3.8, 4) is 0 Å². The first-order chi connectivity index (χ1) is 10.3. The highest BCUT2D eigenvalue weighted by Crippen LogP contribution is 2.16. The van der Waals surface area contributed by atoms with E-state index >= 15 is 0 Å². The number of benzene rings is 1. The molecular weight excluding hydrogens is 300 g/mol. The van der Waals surface area contributed by atoms with E-state index in [4.69, 9.17) is 0 Å². The van der Waals surface area contributed by atoms with Gasteiger partial charge in [-0.3, -0.25) is 4.79 Å². The van der Waals surface area contributed by atoms with Crippen LogP contribution in [0, 0.1) is 5.92 Å². The van der Waals surface area contributed by atoms with Gasteiger partial charge in [0, 0.05) is 26.1 Å². The number of nitrogens with zero attached hydrogens (tertiary/aromatic N) is 1. The van der Waals surface area contributed by atoms with E-state index in [1.807, 2.05) is 27.7 Å². The van der Waals surface area contributed by atoms with Gasteiger partial charge in [0.05, 0.1) is 4.90 Å². The van der Waals surface area contributed by atoms with Gasteiger partial charge < -0.3 is 5.32 Å². The van der Waals surface area contributed by atoms with Crippen LogP contribution >= 0.6 is 0 Å². The Bertz CT molecular complexity index is 576. The molecule has 0 aliphatic rings. The minimum absolute atomic E-state index is 0.00911.